The van der Waals surface area contributed by atoms with Crippen LogP contribution in [-0.2, 0) is 18.4 Å². The lowest BCUT2D eigenvalue weighted by Crippen LogP contribution is -2.45. The fourth-order valence-electron chi connectivity index (χ4n) is 7.39. The van der Waals surface area contributed by atoms with Gasteiger partial charge in [-0.3, -0.25) is 9.36 Å². The van der Waals surface area contributed by atoms with Gasteiger partial charge in [-0.15, -0.1) is 0 Å². The number of carbonyl (C=O) groups is 1. The summed E-state index contributed by atoms with van der Waals surface area (Å²) in [5.41, 5.74) is 0. The summed E-state index contributed by atoms with van der Waals surface area (Å²) < 4.78 is 23.0. The second-order valence-electron chi connectivity index (χ2n) is 19.2. The molecule has 0 aromatic carbocycles. The van der Waals surface area contributed by atoms with Crippen molar-refractivity contribution in [2.75, 3.05) is 40.9 Å². The summed E-state index contributed by atoms with van der Waals surface area (Å²) in [5.74, 6) is -0.205. The number of unbranched alkanes of at least 4 members (excludes halogenated alkanes) is 23. The van der Waals surface area contributed by atoms with Crippen LogP contribution in [0.2, 0.25) is 0 Å². The quantitative estimate of drug-likeness (QED) is 0.0272. The molecule has 1 amide bonds. The number of quaternary nitrogens is 1. The molecule has 2 N–H and O–H groups in total. The summed E-state index contributed by atoms with van der Waals surface area (Å²) in [4.78, 5) is 25.1. The molecule has 0 radical (unpaired) electrons. The number of phosphoric ester groups is 1. The van der Waals surface area contributed by atoms with Crippen LogP contribution in [0.5, 0.6) is 0 Å². The number of carbonyl (C=O) groups excluding carboxylic acids is 1. The average molecular weight is 943 g/mol. The maximum atomic E-state index is 12.8. The molecule has 3 atom stereocenters. The predicted octanol–water partition coefficient (Wildman–Crippen LogP) is 15.5. The van der Waals surface area contributed by atoms with Crippen LogP contribution in [0.4, 0.5) is 0 Å². The molecule has 3 unspecified atom stereocenters. The van der Waals surface area contributed by atoms with Crippen molar-refractivity contribution in [1.82, 2.24) is 5.32 Å². The molecule has 0 aliphatic carbocycles. The molecule has 0 aromatic heterocycles. The van der Waals surface area contributed by atoms with E-state index >= 15 is 0 Å². The minimum Gasteiger partial charge on any atom is -0.756 e. The molecule has 0 aliphatic heterocycles. The molecule has 0 saturated heterocycles. The molecular weight excluding hydrogens is 840 g/mol. The molecule has 0 aromatic rings. The SMILES string of the molecule is CC/C=C\C/C=C\C/C=C\C/C=C\C/C=C\C/C=C\CCCCCCCCCCCCCCCCCCCCCCC(=O)NC(COP(=O)([O-])OCC[N+](C)(C)C)C(O)/C=C/CCCCC. The first kappa shape index (κ1) is 63.7. The Labute approximate surface area is 407 Å². The van der Waals surface area contributed by atoms with Crippen LogP contribution < -0.4 is 10.2 Å². The number of likely N-dealkylation sites (N-methyl/N-ethyl adjacent to an activating group) is 1. The summed E-state index contributed by atoms with van der Waals surface area (Å²) in [7, 11) is 1.25. The van der Waals surface area contributed by atoms with Crippen LogP contribution in [0.25, 0.3) is 0 Å². The highest BCUT2D eigenvalue weighted by Gasteiger charge is 2.23. The lowest BCUT2D eigenvalue weighted by Gasteiger charge is -2.29. The summed E-state index contributed by atoms with van der Waals surface area (Å²) in [5, 5.41) is 13.6. The molecule has 9 heteroatoms. The maximum Gasteiger partial charge on any atom is 0.268 e. The normalized spacial score (nSPS) is 14.7. The van der Waals surface area contributed by atoms with E-state index in [9.17, 15) is 19.4 Å². The summed E-state index contributed by atoms with van der Waals surface area (Å²) in [6.45, 7) is 4.41. The largest absolute Gasteiger partial charge is 0.756 e. The Balaban J connectivity index is 3.76. The Morgan fingerprint density at radius 3 is 1.35 bits per heavy atom. The van der Waals surface area contributed by atoms with Gasteiger partial charge in [0.1, 0.15) is 13.2 Å². The number of aliphatic hydroxyl groups is 1. The highest BCUT2D eigenvalue weighted by Crippen LogP contribution is 2.38. The lowest BCUT2D eigenvalue weighted by molar-refractivity contribution is -0.870. The first-order valence-electron chi connectivity index (χ1n) is 26.9. The van der Waals surface area contributed by atoms with E-state index in [4.69, 9.17) is 9.05 Å². The van der Waals surface area contributed by atoms with E-state index in [1.165, 1.54) is 116 Å². The highest BCUT2D eigenvalue weighted by atomic mass is 31.2. The van der Waals surface area contributed by atoms with Crippen LogP contribution in [0.15, 0.2) is 85.1 Å². The lowest BCUT2D eigenvalue weighted by atomic mass is 10.0. The van der Waals surface area contributed by atoms with Crippen molar-refractivity contribution in [3.63, 3.8) is 0 Å². The van der Waals surface area contributed by atoms with Crippen molar-refractivity contribution >= 4 is 13.7 Å². The van der Waals surface area contributed by atoms with E-state index in [0.29, 0.717) is 17.4 Å². The summed E-state index contributed by atoms with van der Waals surface area (Å²) >= 11 is 0. The van der Waals surface area contributed by atoms with Gasteiger partial charge in [0.15, 0.2) is 0 Å². The first-order valence-corrected chi connectivity index (χ1v) is 28.4. The van der Waals surface area contributed by atoms with Gasteiger partial charge in [-0.1, -0.05) is 227 Å². The van der Waals surface area contributed by atoms with Crippen molar-refractivity contribution in [2.45, 2.75) is 231 Å². The summed E-state index contributed by atoms with van der Waals surface area (Å²) in [6, 6.07) is -0.883. The molecule has 0 spiro atoms. The monoisotopic (exact) mass is 943 g/mol. The Bertz CT molecular complexity index is 1350. The van der Waals surface area contributed by atoms with E-state index in [1.54, 1.807) is 6.08 Å². The fraction of sp³-hybridized carbons (Fsp3) is 0.737. The standard InChI is InChI=1S/C57H103N2O6P/c1-6-8-10-12-13-14-15-16-17-18-19-20-21-22-23-24-25-26-27-28-29-30-31-32-33-34-35-36-37-38-39-40-41-42-43-44-45-47-49-51-57(61)58-55(56(60)50-48-46-11-9-7-2)54-65-66(62,63)64-53-52-59(3,4)5/h8,10,13-14,16-17,19-20,22-23,25-26,48,50,55-56,60H,6-7,9,11-12,15,18,21,24,27-47,49,51-54H2,1-5H3,(H-,58,61,62,63)/b10-8-,14-13-,17-16-,20-19-,23-22-,26-25-,50-48+. The van der Waals surface area contributed by atoms with Gasteiger partial charge in [0.05, 0.1) is 39.9 Å². The molecule has 0 saturated carbocycles. The smallest absolute Gasteiger partial charge is 0.268 e. The van der Waals surface area contributed by atoms with Crippen LogP contribution >= 0.6 is 7.82 Å². The topological polar surface area (TPSA) is 108 Å². The van der Waals surface area contributed by atoms with Gasteiger partial charge in [-0.05, 0) is 70.6 Å². The third-order valence-corrected chi connectivity index (χ3v) is 12.6. The Hall–Kier alpha value is -2.32. The first-order chi connectivity index (χ1) is 32.0. The Kier molecular flexibility index (Phi) is 46.1. The number of hydrogen-bond donors (Lipinski definition) is 2. The van der Waals surface area contributed by atoms with Gasteiger partial charge in [0, 0.05) is 6.42 Å². The van der Waals surface area contributed by atoms with Crippen LogP contribution in [0, 0.1) is 0 Å². The van der Waals surface area contributed by atoms with E-state index in [-0.39, 0.29) is 19.1 Å². The second kappa shape index (κ2) is 47.7. The number of amides is 1. The van der Waals surface area contributed by atoms with Gasteiger partial charge in [0.2, 0.25) is 5.91 Å². The predicted molar refractivity (Wildman–Crippen MR) is 283 cm³/mol. The van der Waals surface area contributed by atoms with E-state index < -0.39 is 20.0 Å². The zero-order valence-corrected chi connectivity index (χ0v) is 44.3. The zero-order valence-electron chi connectivity index (χ0n) is 43.4. The molecule has 0 heterocycles. The maximum absolute atomic E-state index is 12.8. The number of hydrogen-bond acceptors (Lipinski definition) is 6. The van der Waals surface area contributed by atoms with Gasteiger partial charge in [-0.2, -0.15) is 0 Å². The van der Waals surface area contributed by atoms with Crippen molar-refractivity contribution < 1.29 is 32.9 Å². The number of nitrogens with one attached hydrogen (secondary N) is 1. The molecule has 0 aliphatic rings. The number of allylic oxidation sites excluding steroid dienone is 13. The minimum absolute atomic E-state index is 0.00319. The molecule has 0 bridgehead atoms. The van der Waals surface area contributed by atoms with E-state index in [0.717, 1.165) is 83.5 Å². The number of aliphatic hydroxyl groups excluding tert-OH is 1. The minimum atomic E-state index is -4.58. The van der Waals surface area contributed by atoms with Gasteiger partial charge in [-0.25, -0.2) is 0 Å². The van der Waals surface area contributed by atoms with Crippen molar-refractivity contribution in [1.29, 1.82) is 0 Å². The van der Waals surface area contributed by atoms with Crippen LogP contribution in [-0.4, -0.2) is 68.5 Å². The van der Waals surface area contributed by atoms with E-state index in [2.05, 4.69) is 92.1 Å². The molecule has 382 valence electrons. The molecule has 0 fully saturated rings. The third-order valence-electron chi connectivity index (χ3n) is 11.6. The van der Waals surface area contributed by atoms with Crippen LogP contribution in [0.3, 0.4) is 0 Å². The molecular formula is C57H103N2O6P. The van der Waals surface area contributed by atoms with E-state index in [1.807, 2.05) is 27.2 Å². The zero-order chi connectivity index (χ0) is 48.5. The average Bonchev–Trinajstić information content (AvgIpc) is 3.27. The Morgan fingerprint density at radius 2 is 0.924 bits per heavy atom. The van der Waals surface area contributed by atoms with Crippen molar-refractivity contribution in [3.05, 3.63) is 85.1 Å². The highest BCUT2D eigenvalue weighted by molar-refractivity contribution is 7.45. The van der Waals surface area contributed by atoms with Gasteiger partial charge in [0.25, 0.3) is 7.82 Å². The number of nitrogens with zero attached hydrogens (tertiary/aromatic N) is 1. The fourth-order valence-corrected chi connectivity index (χ4v) is 8.11. The van der Waals surface area contributed by atoms with Gasteiger partial charge < -0.3 is 28.8 Å². The second-order valence-corrected chi connectivity index (χ2v) is 20.6. The van der Waals surface area contributed by atoms with Crippen molar-refractivity contribution in [2.24, 2.45) is 0 Å². The Morgan fingerprint density at radius 1 is 0.545 bits per heavy atom. The third kappa shape index (κ3) is 49.6. The molecule has 8 nitrogen and oxygen atoms in total. The molecule has 0 rings (SSSR count). The molecule has 66 heavy (non-hydrogen) atoms. The van der Waals surface area contributed by atoms with Crippen molar-refractivity contribution in [3.8, 4) is 0 Å². The number of rotatable bonds is 48. The van der Waals surface area contributed by atoms with Crippen LogP contribution in [0.1, 0.15) is 219 Å². The summed E-state index contributed by atoms with van der Waals surface area (Å²) in [6.07, 6.45) is 67.3. The number of phosphoric acid groups is 1. The van der Waals surface area contributed by atoms with Gasteiger partial charge >= 0.3 is 0 Å².